The normalized spacial score (nSPS) is 15.2. The number of hydrogen-bond acceptors (Lipinski definition) is 2. The smallest absolute Gasteiger partial charge is 0.119 e. The Morgan fingerprint density at radius 1 is 1.39 bits per heavy atom. The average Bonchev–Trinajstić information content (AvgIpc) is 2.34. The second-order valence-corrected chi connectivity index (χ2v) is 7.23. The maximum Gasteiger partial charge on any atom is 0.119 e. The van der Waals surface area contributed by atoms with E-state index in [-0.39, 0.29) is 10.8 Å². The van der Waals surface area contributed by atoms with Crippen molar-refractivity contribution >= 4 is 11.0 Å². The van der Waals surface area contributed by atoms with Crippen LogP contribution >= 0.6 is 0 Å². The van der Waals surface area contributed by atoms with E-state index in [1.165, 1.54) is 0 Å². The van der Waals surface area contributed by atoms with Crippen LogP contribution in [0.3, 0.4) is 0 Å². The molecule has 0 aliphatic heterocycles. The topological polar surface area (TPSA) is 38.3 Å². The summed E-state index contributed by atoms with van der Waals surface area (Å²) in [6.45, 7) is 7.98. The van der Waals surface area contributed by atoms with Crippen molar-refractivity contribution in [1.82, 2.24) is 4.72 Å². The van der Waals surface area contributed by atoms with Crippen molar-refractivity contribution in [3.63, 3.8) is 0 Å². The van der Waals surface area contributed by atoms with Gasteiger partial charge in [-0.05, 0) is 44.9 Å². The van der Waals surface area contributed by atoms with Gasteiger partial charge in [-0.25, -0.2) is 8.93 Å². The Kier molecular flexibility index (Phi) is 5.35. The molecule has 1 N–H and O–H groups in total. The molecule has 0 spiro atoms. The van der Waals surface area contributed by atoms with Crippen LogP contribution in [0.2, 0.25) is 0 Å². The van der Waals surface area contributed by atoms with Crippen molar-refractivity contribution in [2.75, 3.05) is 7.11 Å². The number of ether oxygens (including phenoxy) is 1. The van der Waals surface area contributed by atoms with Crippen molar-refractivity contribution in [3.8, 4) is 5.75 Å². The Balaban J connectivity index is 2.86. The third-order valence-electron chi connectivity index (χ3n) is 2.71. The molecule has 0 saturated carbocycles. The first-order valence-electron chi connectivity index (χ1n) is 6.20. The summed E-state index contributed by atoms with van der Waals surface area (Å²) in [5, 5.41) is 0. The summed E-state index contributed by atoms with van der Waals surface area (Å²) in [6.07, 6.45) is 0.884. The van der Waals surface area contributed by atoms with Crippen molar-refractivity contribution < 1.29 is 8.95 Å². The Morgan fingerprint density at radius 3 is 2.56 bits per heavy atom. The van der Waals surface area contributed by atoms with Crippen molar-refractivity contribution in [1.29, 1.82) is 0 Å². The van der Waals surface area contributed by atoms with Gasteiger partial charge < -0.3 is 4.74 Å². The van der Waals surface area contributed by atoms with Crippen LogP contribution in [0.15, 0.2) is 24.3 Å². The molecule has 0 amide bonds. The van der Waals surface area contributed by atoms with E-state index in [4.69, 9.17) is 4.74 Å². The summed E-state index contributed by atoms with van der Waals surface area (Å²) < 4.78 is 20.3. The number of benzene rings is 1. The van der Waals surface area contributed by atoms with E-state index in [2.05, 4.69) is 11.6 Å². The Hall–Kier alpha value is -0.870. The van der Waals surface area contributed by atoms with Gasteiger partial charge in [0, 0.05) is 6.04 Å². The van der Waals surface area contributed by atoms with Gasteiger partial charge in [0.15, 0.2) is 0 Å². The molecule has 0 aliphatic rings. The highest BCUT2D eigenvalue weighted by Gasteiger charge is 2.22. The number of rotatable bonds is 5. The molecule has 2 atom stereocenters. The van der Waals surface area contributed by atoms with Gasteiger partial charge in [-0.3, -0.25) is 0 Å². The molecule has 102 valence electrons. The van der Waals surface area contributed by atoms with Crippen molar-refractivity contribution in [3.05, 3.63) is 29.8 Å². The number of nitrogens with one attached hydrogen (secondary N) is 1. The summed E-state index contributed by atoms with van der Waals surface area (Å²) >= 11 is 0. The lowest BCUT2D eigenvalue weighted by Crippen LogP contribution is -2.35. The highest BCUT2D eigenvalue weighted by molar-refractivity contribution is 7.84. The van der Waals surface area contributed by atoms with Crippen LogP contribution in [0.25, 0.3) is 0 Å². The largest absolute Gasteiger partial charge is 0.497 e. The molecule has 0 bridgehead atoms. The third-order valence-corrected chi connectivity index (χ3v) is 4.32. The van der Waals surface area contributed by atoms with Crippen LogP contribution in [-0.2, 0) is 11.0 Å². The van der Waals surface area contributed by atoms with Gasteiger partial charge in [0.2, 0.25) is 0 Å². The van der Waals surface area contributed by atoms with E-state index in [1.54, 1.807) is 7.11 Å². The SMILES string of the molecule is CCC(NS(=O)C(C)(C)C)c1cccc(OC)c1. The lowest BCUT2D eigenvalue weighted by atomic mass is 10.1. The fraction of sp³-hybridized carbons (Fsp3) is 0.571. The van der Waals surface area contributed by atoms with E-state index < -0.39 is 11.0 Å². The average molecular weight is 269 g/mol. The van der Waals surface area contributed by atoms with Crippen LogP contribution < -0.4 is 9.46 Å². The third kappa shape index (κ3) is 4.10. The van der Waals surface area contributed by atoms with Crippen LogP contribution in [0, 0.1) is 0 Å². The van der Waals surface area contributed by atoms with Gasteiger partial charge in [0.05, 0.1) is 22.8 Å². The molecule has 18 heavy (non-hydrogen) atoms. The molecule has 1 aromatic carbocycles. The molecule has 0 fully saturated rings. The zero-order valence-electron chi connectivity index (χ0n) is 11.8. The van der Waals surface area contributed by atoms with E-state index in [1.807, 2.05) is 45.0 Å². The molecule has 1 aromatic rings. The van der Waals surface area contributed by atoms with Crippen molar-refractivity contribution in [2.45, 2.75) is 44.9 Å². The summed E-state index contributed by atoms with van der Waals surface area (Å²) in [5.74, 6) is 0.828. The first kappa shape index (κ1) is 15.2. The molecule has 2 unspecified atom stereocenters. The second kappa shape index (κ2) is 6.34. The van der Waals surface area contributed by atoms with Gasteiger partial charge in [-0.15, -0.1) is 0 Å². The van der Waals surface area contributed by atoms with Crippen LogP contribution in [0.4, 0.5) is 0 Å². The van der Waals surface area contributed by atoms with Gasteiger partial charge in [0.1, 0.15) is 5.75 Å². The predicted octanol–water partition coefficient (Wildman–Crippen LogP) is 3.20. The predicted molar refractivity (Wildman–Crippen MR) is 77.1 cm³/mol. The lowest BCUT2D eigenvalue weighted by Gasteiger charge is -2.24. The Morgan fingerprint density at radius 2 is 2.06 bits per heavy atom. The lowest BCUT2D eigenvalue weighted by molar-refractivity contribution is 0.413. The summed E-state index contributed by atoms with van der Waals surface area (Å²) in [5.41, 5.74) is 1.11. The maximum absolute atomic E-state index is 12.1. The summed E-state index contributed by atoms with van der Waals surface area (Å²) in [4.78, 5) is 0. The van der Waals surface area contributed by atoms with E-state index in [9.17, 15) is 4.21 Å². The second-order valence-electron chi connectivity index (χ2n) is 5.24. The van der Waals surface area contributed by atoms with E-state index in [0.29, 0.717) is 0 Å². The first-order chi connectivity index (χ1) is 8.38. The molecule has 4 heteroatoms. The molecule has 0 heterocycles. The minimum absolute atomic E-state index is 0.0835. The van der Waals surface area contributed by atoms with Crippen LogP contribution in [-0.4, -0.2) is 16.1 Å². The minimum atomic E-state index is -1.07. The van der Waals surface area contributed by atoms with E-state index in [0.717, 1.165) is 17.7 Å². The highest BCUT2D eigenvalue weighted by Crippen LogP contribution is 2.23. The fourth-order valence-electron chi connectivity index (χ4n) is 1.55. The fourth-order valence-corrected chi connectivity index (χ4v) is 2.47. The monoisotopic (exact) mass is 269 g/mol. The number of methoxy groups -OCH3 is 1. The minimum Gasteiger partial charge on any atom is -0.497 e. The summed E-state index contributed by atoms with van der Waals surface area (Å²) in [7, 11) is 0.586. The van der Waals surface area contributed by atoms with Gasteiger partial charge in [-0.1, -0.05) is 19.1 Å². The highest BCUT2D eigenvalue weighted by atomic mass is 32.2. The number of hydrogen-bond donors (Lipinski definition) is 1. The quantitative estimate of drug-likeness (QED) is 0.891. The van der Waals surface area contributed by atoms with Gasteiger partial charge >= 0.3 is 0 Å². The van der Waals surface area contributed by atoms with E-state index >= 15 is 0 Å². The molecule has 1 rings (SSSR count). The zero-order valence-corrected chi connectivity index (χ0v) is 12.6. The van der Waals surface area contributed by atoms with Gasteiger partial charge in [0.25, 0.3) is 0 Å². The maximum atomic E-state index is 12.1. The molecular weight excluding hydrogens is 246 g/mol. The molecule has 0 saturated heterocycles. The Labute approximate surface area is 113 Å². The molecule has 3 nitrogen and oxygen atoms in total. The van der Waals surface area contributed by atoms with Gasteiger partial charge in [-0.2, -0.15) is 0 Å². The molecule has 0 aromatic heterocycles. The molecular formula is C14H23NO2S. The van der Waals surface area contributed by atoms with Crippen LogP contribution in [0.5, 0.6) is 5.75 Å². The zero-order chi connectivity index (χ0) is 13.8. The summed E-state index contributed by atoms with van der Waals surface area (Å²) in [6, 6.07) is 7.97. The first-order valence-corrected chi connectivity index (χ1v) is 7.35. The standard InChI is InChI=1S/C14H23NO2S/c1-6-13(15-18(16)14(2,3)4)11-8-7-9-12(10-11)17-5/h7-10,13,15H,6H2,1-5H3. The molecule has 0 radical (unpaired) electrons. The van der Waals surface area contributed by atoms with Crippen LogP contribution in [0.1, 0.15) is 45.7 Å². The van der Waals surface area contributed by atoms with Crippen molar-refractivity contribution in [2.24, 2.45) is 0 Å². The Bertz CT molecular complexity index is 413. The molecule has 0 aliphatic carbocycles.